The van der Waals surface area contributed by atoms with Crippen molar-refractivity contribution in [2.45, 2.75) is 13.0 Å². The molecule has 3 heterocycles. The van der Waals surface area contributed by atoms with E-state index in [0.717, 1.165) is 6.92 Å². The normalized spacial score (nSPS) is 19.4. The highest BCUT2D eigenvalue weighted by Crippen LogP contribution is 2.27. The first-order valence-corrected chi connectivity index (χ1v) is 10.5. The van der Waals surface area contributed by atoms with Crippen LogP contribution < -0.4 is 10.3 Å². The van der Waals surface area contributed by atoms with Crippen LogP contribution in [-0.4, -0.2) is 88.9 Å². The Morgan fingerprint density at radius 1 is 1.15 bits per heavy atom. The van der Waals surface area contributed by atoms with Crippen LogP contribution in [0.5, 0.6) is 5.75 Å². The molecule has 2 amide bonds. The van der Waals surface area contributed by atoms with Crippen LogP contribution in [-0.2, 0) is 9.53 Å². The van der Waals surface area contributed by atoms with Gasteiger partial charge in [-0.25, -0.2) is 9.49 Å². The lowest BCUT2D eigenvalue weighted by atomic mass is 10.1. The van der Waals surface area contributed by atoms with E-state index in [4.69, 9.17) is 19.4 Å². The van der Waals surface area contributed by atoms with Crippen molar-refractivity contribution in [3.05, 3.63) is 57.8 Å². The molecule has 2 aliphatic heterocycles. The van der Waals surface area contributed by atoms with Crippen LogP contribution >= 0.6 is 0 Å². The average molecular weight is 476 g/mol. The number of H-pyrrole nitrogens is 1. The Kier molecular flexibility index (Phi) is 7.95. The molecule has 34 heavy (non-hydrogen) atoms. The molecule has 1 aromatic heterocycles. The lowest BCUT2D eigenvalue weighted by Gasteiger charge is -2.31. The molecule has 1 aromatic carbocycles. The van der Waals surface area contributed by atoms with Gasteiger partial charge in [0.1, 0.15) is 22.8 Å². The van der Waals surface area contributed by atoms with Crippen molar-refractivity contribution < 1.29 is 33.4 Å². The van der Waals surface area contributed by atoms with E-state index >= 15 is 0 Å². The number of benzene rings is 1. The van der Waals surface area contributed by atoms with Crippen LogP contribution in [0.15, 0.2) is 35.1 Å². The Labute approximate surface area is 194 Å². The van der Waals surface area contributed by atoms with Crippen molar-refractivity contribution in [2.24, 2.45) is 5.92 Å². The SMILES string of the molecule is CC(=O)O.COc1cccc(F)c1C(=O)N1C[C@H]2COC[C@@H]1CN(C(=O)c1ccc(=O)[nH]n1)C2. The van der Waals surface area contributed by atoms with Crippen molar-refractivity contribution in [3.63, 3.8) is 0 Å². The smallest absolute Gasteiger partial charge is 0.300 e. The number of hydrogen-bond acceptors (Lipinski definition) is 7. The predicted octanol–water partition coefficient (Wildman–Crippen LogP) is 0.622. The van der Waals surface area contributed by atoms with Gasteiger partial charge in [-0.1, -0.05) is 6.07 Å². The fourth-order valence-corrected chi connectivity index (χ4v) is 3.91. The zero-order chi connectivity index (χ0) is 24.8. The topological polar surface area (TPSA) is 142 Å². The first-order chi connectivity index (χ1) is 16.2. The number of fused-ring (bicyclic) bond motifs is 3. The lowest BCUT2D eigenvalue weighted by Crippen LogP contribution is -2.48. The zero-order valence-electron chi connectivity index (χ0n) is 18.7. The number of aromatic nitrogens is 2. The second-order valence-electron chi connectivity index (χ2n) is 7.87. The molecule has 2 bridgehead atoms. The van der Waals surface area contributed by atoms with Crippen molar-refractivity contribution in [1.29, 1.82) is 0 Å². The minimum Gasteiger partial charge on any atom is -0.496 e. The number of carbonyl (C=O) groups excluding carboxylic acids is 2. The molecule has 4 rings (SSSR count). The number of ether oxygens (including phenoxy) is 2. The third kappa shape index (κ3) is 5.76. The van der Waals surface area contributed by atoms with Crippen molar-refractivity contribution >= 4 is 17.8 Å². The van der Waals surface area contributed by atoms with Crippen LogP contribution in [0.4, 0.5) is 4.39 Å². The number of carbonyl (C=O) groups is 3. The lowest BCUT2D eigenvalue weighted by molar-refractivity contribution is -0.134. The molecule has 2 fully saturated rings. The van der Waals surface area contributed by atoms with Crippen LogP contribution in [0.25, 0.3) is 0 Å². The Hall–Kier alpha value is -3.80. The van der Waals surface area contributed by atoms with Gasteiger partial charge in [-0.2, -0.15) is 5.10 Å². The first kappa shape index (κ1) is 24.8. The molecule has 2 atom stereocenters. The number of nitrogens with zero attached hydrogens (tertiary/aromatic N) is 3. The van der Waals surface area contributed by atoms with Crippen molar-refractivity contribution in [3.8, 4) is 5.75 Å². The van der Waals surface area contributed by atoms with E-state index in [1.165, 1.54) is 37.4 Å². The summed E-state index contributed by atoms with van der Waals surface area (Å²) in [6.07, 6.45) is 0. The fourth-order valence-electron chi connectivity index (χ4n) is 3.91. The van der Waals surface area contributed by atoms with Crippen LogP contribution in [0.1, 0.15) is 27.8 Å². The molecule has 0 saturated carbocycles. The number of nitrogens with one attached hydrogen (secondary N) is 1. The number of carboxylic acid groups (broad SMARTS) is 1. The Balaban J connectivity index is 0.000000751. The van der Waals surface area contributed by atoms with Crippen LogP contribution in [0, 0.1) is 11.7 Å². The third-order valence-electron chi connectivity index (χ3n) is 5.32. The zero-order valence-corrected chi connectivity index (χ0v) is 18.7. The summed E-state index contributed by atoms with van der Waals surface area (Å²) in [5.41, 5.74) is -0.417. The van der Waals surface area contributed by atoms with E-state index in [1.807, 2.05) is 0 Å². The van der Waals surface area contributed by atoms with E-state index in [0.29, 0.717) is 19.7 Å². The fraction of sp³-hybridized carbons (Fsp3) is 0.409. The molecule has 2 saturated heterocycles. The van der Waals surface area contributed by atoms with E-state index in [2.05, 4.69) is 10.2 Å². The van der Waals surface area contributed by atoms with E-state index in [1.54, 1.807) is 9.80 Å². The summed E-state index contributed by atoms with van der Waals surface area (Å²) < 4.78 is 25.4. The van der Waals surface area contributed by atoms with Gasteiger partial charge in [-0.15, -0.1) is 0 Å². The summed E-state index contributed by atoms with van der Waals surface area (Å²) in [5, 5.41) is 13.5. The minimum atomic E-state index is -0.833. The summed E-state index contributed by atoms with van der Waals surface area (Å²) in [7, 11) is 1.38. The highest BCUT2D eigenvalue weighted by Gasteiger charge is 2.39. The molecule has 12 heteroatoms. The monoisotopic (exact) mass is 476 g/mol. The number of hydrogen-bond donors (Lipinski definition) is 2. The van der Waals surface area contributed by atoms with Crippen LogP contribution in [0.3, 0.4) is 0 Å². The van der Waals surface area contributed by atoms with Crippen molar-refractivity contribution in [2.75, 3.05) is 40.0 Å². The summed E-state index contributed by atoms with van der Waals surface area (Å²) in [6.45, 7) is 2.57. The molecule has 2 aliphatic rings. The maximum Gasteiger partial charge on any atom is 0.300 e. The molecule has 2 N–H and O–H groups in total. The number of halogens is 1. The highest BCUT2D eigenvalue weighted by atomic mass is 19.1. The molecule has 2 aromatic rings. The molecule has 182 valence electrons. The molecule has 11 nitrogen and oxygen atoms in total. The quantitative estimate of drug-likeness (QED) is 0.657. The molecule has 0 unspecified atom stereocenters. The van der Waals surface area contributed by atoms with Crippen LogP contribution in [0.2, 0.25) is 0 Å². The van der Waals surface area contributed by atoms with E-state index in [9.17, 15) is 18.8 Å². The number of methoxy groups -OCH3 is 1. The largest absolute Gasteiger partial charge is 0.496 e. The number of rotatable bonds is 3. The summed E-state index contributed by atoms with van der Waals surface area (Å²) in [6, 6.07) is 6.38. The molecule has 0 aliphatic carbocycles. The van der Waals surface area contributed by atoms with Crippen molar-refractivity contribution in [1.82, 2.24) is 20.0 Å². The van der Waals surface area contributed by atoms with Gasteiger partial charge < -0.3 is 24.4 Å². The second kappa shape index (κ2) is 10.9. The molecular weight excluding hydrogens is 451 g/mol. The predicted molar refractivity (Wildman–Crippen MR) is 116 cm³/mol. The number of carboxylic acids is 1. The number of aromatic amines is 1. The van der Waals surface area contributed by atoms with Gasteiger partial charge in [0.2, 0.25) is 0 Å². The maximum absolute atomic E-state index is 14.5. The maximum atomic E-state index is 14.5. The number of amides is 2. The Morgan fingerprint density at radius 3 is 2.53 bits per heavy atom. The van der Waals surface area contributed by atoms with E-state index < -0.39 is 29.3 Å². The van der Waals surface area contributed by atoms with Gasteiger partial charge in [-0.3, -0.25) is 19.2 Å². The second-order valence-corrected chi connectivity index (χ2v) is 7.87. The highest BCUT2D eigenvalue weighted by molar-refractivity contribution is 5.97. The Bertz CT molecular complexity index is 1100. The summed E-state index contributed by atoms with van der Waals surface area (Å²) in [5.74, 6) is -2.33. The Morgan fingerprint density at radius 2 is 1.88 bits per heavy atom. The van der Waals surface area contributed by atoms with Gasteiger partial charge in [-0.05, 0) is 18.2 Å². The van der Waals surface area contributed by atoms with Gasteiger partial charge in [0.05, 0.1) is 26.4 Å². The molecular formula is C22H25FN4O7. The summed E-state index contributed by atoms with van der Waals surface area (Å²) in [4.78, 5) is 49.6. The third-order valence-corrected chi connectivity index (χ3v) is 5.32. The average Bonchev–Trinajstić information content (AvgIpc) is 3.09. The van der Waals surface area contributed by atoms with Gasteiger partial charge >= 0.3 is 0 Å². The van der Waals surface area contributed by atoms with Gasteiger partial charge in [0.15, 0.2) is 0 Å². The molecule has 0 radical (unpaired) electrons. The van der Waals surface area contributed by atoms with Gasteiger partial charge in [0, 0.05) is 38.5 Å². The molecule has 0 spiro atoms. The minimum absolute atomic E-state index is 0.115. The van der Waals surface area contributed by atoms with Gasteiger partial charge in [0.25, 0.3) is 23.3 Å². The summed E-state index contributed by atoms with van der Waals surface area (Å²) >= 11 is 0. The van der Waals surface area contributed by atoms with E-state index in [-0.39, 0.29) is 42.0 Å². The number of aliphatic carboxylic acids is 1. The first-order valence-electron chi connectivity index (χ1n) is 10.5. The standard InChI is InChI=1S/C20H21FN4O5.C2H4O2/c1-29-16-4-2-3-14(21)18(16)20(28)25-8-12-7-24(9-13(25)11-30-10-12)19(27)15-5-6-17(26)23-22-15;1-2(3)4/h2-6,12-13H,7-11H2,1H3,(H,23,26);1H3,(H,3,4)/t12-,13-;/m0./s1.